The number of hydrogen-bond acceptors (Lipinski definition) is 3. The number of rotatable bonds is 3. The summed E-state index contributed by atoms with van der Waals surface area (Å²) in [6, 6.07) is 7.39. The summed E-state index contributed by atoms with van der Waals surface area (Å²) >= 11 is 0. The molecule has 1 aliphatic rings. The largest absolute Gasteiger partial charge is 0.481 e. The predicted molar refractivity (Wildman–Crippen MR) is 71.7 cm³/mol. The maximum absolute atomic E-state index is 11.9. The zero-order valence-electron chi connectivity index (χ0n) is 11.3. The van der Waals surface area contributed by atoms with E-state index in [1.165, 1.54) is 0 Å². The topological polar surface area (TPSA) is 81.4 Å². The van der Waals surface area contributed by atoms with Gasteiger partial charge in [-0.25, -0.2) is 0 Å². The van der Waals surface area contributed by atoms with E-state index in [1.807, 2.05) is 13.0 Å². The molecule has 5 nitrogen and oxygen atoms in total. The Morgan fingerprint density at radius 2 is 2.30 bits per heavy atom. The third kappa shape index (κ3) is 2.97. The zero-order chi connectivity index (χ0) is 14.7. The molecule has 0 aromatic heterocycles. The maximum Gasteiger partial charge on any atom is 0.308 e. The van der Waals surface area contributed by atoms with Crippen molar-refractivity contribution in [3.8, 4) is 6.07 Å². The number of aliphatic carboxylic acids is 1. The minimum absolute atomic E-state index is 0.00809. The average Bonchev–Trinajstić information content (AvgIpc) is 2.42. The number of carbonyl (C=O) groups is 2. The molecule has 20 heavy (non-hydrogen) atoms. The lowest BCUT2D eigenvalue weighted by atomic mass is 9.96. The number of nitrogens with zero attached hydrogens (tertiary/aromatic N) is 2. The number of carbonyl (C=O) groups excluding carboxylic acids is 1. The van der Waals surface area contributed by atoms with Gasteiger partial charge in [-0.1, -0.05) is 6.07 Å². The maximum atomic E-state index is 11.9. The molecule has 1 N–H and O–H groups in total. The van der Waals surface area contributed by atoms with E-state index in [4.69, 9.17) is 10.4 Å². The van der Waals surface area contributed by atoms with E-state index < -0.39 is 11.9 Å². The molecule has 1 aromatic rings. The normalized spacial score (nSPS) is 18.7. The molecule has 2 rings (SSSR count). The average molecular weight is 272 g/mol. The number of nitriles is 1. The van der Waals surface area contributed by atoms with E-state index >= 15 is 0 Å². The van der Waals surface area contributed by atoms with Gasteiger partial charge in [0.2, 0.25) is 5.91 Å². The Balaban J connectivity index is 2.14. The fourth-order valence-corrected chi connectivity index (χ4v) is 2.42. The highest BCUT2D eigenvalue weighted by molar-refractivity contribution is 5.80. The second kappa shape index (κ2) is 5.74. The predicted octanol–water partition coefficient (Wildman–Crippen LogP) is 1.69. The first-order valence-corrected chi connectivity index (χ1v) is 6.51. The summed E-state index contributed by atoms with van der Waals surface area (Å²) in [5.74, 6) is -1.34. The Kier molecular flexibility index (Phi) is 4.04. The molecule has 1 aliphatic heterocycles. The fourth-order valence-electron chi connectivity index (χ4n) is 2.42. The van der Waals surface area contributed by atoms with Crippen molar-refractivity contribution in [2.75, 3.05) is 6.54 Å². The van der Waals surface area contributed by atoms with Crippen LogP contribution in [0.3, 0.4) is 0 Å². The van der Waals surface area contributed by atoms with Crippen molar-refractivity contribution < 1.29 is 14.7 Å². The van der Waals surface area contributed by atoms with Crippen LogP contribution < -0.4 is 0 Å². The minimum Gasteiger partial charge on any atom is -0.481 e. The summed E-state index contributed by atoms with van der Waals surface area (Å²) in [6.07, 6.45) is 0.698. The van der Waals surface area contributed by atoms with Crippen LogP contribution in [0.15, 0.2) is 18.2 Å². The fraction of sp³-hybridized carbons (Fsp3) is 0.400. The monoisotopic (exact) mass is 272 g/mol. The van der Waals surface area contributed by atoms with Crippen molar-refractivity contribution in [1.29, 1.82) is 5.26 Å². The molecule has 104 valence electrons. The van der Waals surface area contributed by atoms with Gasteiger partial charge in [-0.3, -0.25) is 9.59 Å². The van der Waals surface area contributed by atoms with Gasteiger partial charge < -0.3 is 10.0 Å². The summed E-state index contributed by atoms with van der Waals surface area (Å²) in [6.45, 7) is 2.55. The van der Waals surface area contributed by atoms with Gasteiger partial charge in [0.15, 0.2) is 0 Å². The molecule has 1 fully saturated rings. The van der Waals surface area contributed by atoms with Crippen molar-refractivity contribution in [2.45, 2.75) is 26.3 Å². The molecule has 1 heterocycles. The van der Waals surface area contributed by atoms with Crippen molar-refractivity contribution in [3.63, 3.8) is 0 Å². The molecule has 1 atom stereocenters. The molecule has 0 bridgehead atoms. The highest BCUT2D eigenvalue weighted by Gasteiger charge is 2.30. The van der Waals surface area contributed by atoms with Crippen molar-refractivity contribution in [1.82, 2.24) is 4.90 Å². The SMILES string of the molecule is Cc1cc(C#N)ccc1CN1CC(C(=O)O)CCC1=O. The van der Waals surface area contributed by atoms with Crippen LogP contribution in [0.5, 0.6) is 0 Å². The van der Waals surface area contributed by atoms with Gasteiger partial charge in [0, 0.05) is 19.5 Å². The summed E-state index contributed by atoms with van der Waals surface area (Å²) in [5, 5.41) is 17.9. The number of aryl methyl sites for hydroxylation is 1. The van der Waals surface area contributed by atoms with Crippen molar-refractivity contribution in [3.05, 3.63) is 34.9 Å². The third-order valence-electron chi connectivity index (χ3n) is 3.68. The molecule has 0 radical (unpaired) electrons. The number of likely N-dealkylation sites (tertiary alicyclic amines) is 1. The summed E-state index contributed by atoms with van der Waals surface area (Å²) in [7, 11) is 0. The van der Waals surface area contributed by atoms with E-state index in [1.54, 1.807) is 17.0 Å². The van der Waals surface area contributed by atoms with Gasteiger partial charge in [0.1, 0.15) is 0 Å². The second-order valence-corrected chi connectivity index (χ2v) is 5.10. The van der Waals surface area contributed by atoms with E-state index in [0.717, 1.165) is 11.1 Å². The Hall–Kier alpha value is -2.35. The van der Waals surface area contributed by atoms with Crippen LogP contribution in [0, 0.1) is 24.2 Å². The molecule has 0 aliphatic carbocycles. The number of carboxylic acid groups (broad SMARTS) is 1. The molecule has 1 aromatic carbocycles. The van der Waals surface area contributed by atoms with Gasteiger partial charge in [-0.05, 0) is 36.6 Å². The van der Waals surface area contributed by atoms with Crippen LogP contribution in [0.4, 0.5) is 0 Å². The second-order valence-electron chi connectivity index (χ2n) is 5.10. The third-order valence-corrected chi connectivity index (χ3v) is 3.68. The standard InChI is InChI=1S/C15H16N2O3/c1-10-6-11(7-16)2-3-12(10)8-17-9-13(15(19)20)4-5-14(17)18/h2-3,6,13H,4-5,8-9H2,1H3,(H,19,20). The molecular weight excluding hydrogens is 256 g/mol. The van der Waals surface area contributed by atoms with Gasteiger partial charge in [0.05, 0.1) is 17.6 Å². The van der Waals surface area contributed by atoms with Crippen LogP contribution in [0.25, 0.3) is 0 Å². The first-order chi connectivity index (χ1) is 9.51. The molecule has 1 saturated heterocycles. The van der Waals surface area contributed by atoms with Gasteiger partial charge in [0.25, 0.3) is 0 Å². The summed E-state index contributed by atoms with van der Waals surface area (Å²) < 4.78 is 0. The quantitative estimate of drug-likeness (QED) is 0.907. The lowest BCUT2D eigenvalue weighted by Gasteiger charge is -2.31. The Bertz CT molecular complexity index is 589. The molecular formula is C15H16N2O3. The zero-order valence-corrected chi connectivity index (χ0v) is 11.3. The first kappa shape index (κ1) is 14.1. The first-order valence-electron chi connectivity index (χ1n) is 6.51. The van der Waals surface area contributed by atoms with Crippen molar-refractivity contribution in [2.24, 2.45) is 5.92 Å². The lowest BCUT2D eigenvalue weighted by Crippen LogP contribution is -2.42. The molecule has 5 heteroatoms. The van der Waals surface area contributed by atoms with Crippen LogP contribution in [0.2, 0.25) is 0 Å². The number of hydrogen-bond donors (Lipinski definition) is 1. The highest BCUT2D eigenvalue weighted by atomic mass is 16.4. The smallest absolute Gasteiger partial charge is 0.308 e. The van der Waals surface area contributed by atoms with E-state index in [-0.39, 0.29) is 18.9 Å². The summed E-state index contributed by atoms with van der Waals surface area (Å²) in [5.41, 5.74) is 2.47. The van der Waals surface area contributed by atoms with Gasteiger partial charge in [-0.15, -0.1) is 0 Å². The number of piperidine rings is 1. The summed E-state index contributed by atoms with van der Waals surface area (Å²) in [4.78, 5) is 24.5. The van der Waals surface area contributed by atoms with Gasteiger partial charge >= 0.3 is 5.97 Å². The van der Waals surface area contributed by atoms with Gasteiger partial charge in [-0.2, -0.15) is 5.26 Å². The molecule has 1 amide bonds. The number of benzene rings is 1. The Morgan fingerprint density at radius 1 is 1.55 bits per heavy atom. The van der Waals surface area contributed by atoms with E-state index in [2.05, 4.69) is 6.07 Å². The minimum atomic E-state index is -0.848. The van der Waals surface area contributed by atoms with E-state index in [0.29, 0.717) is 18.5 Å². The lowest BCUT2D eigenvalue weighted by molar-refractivity contribution is -0.147. The van der Waals surface area contributed by atoms with Crippen molar-refractivity contribution >= 4 is 11.9 Å². The van der Waals surface area contributed by atoms with Crippen LogP contribution >= 0.6 is 0 Å². The molecule has 0 spiro atoms. The highest BCUT2D eigenvalue weighted by Crippen LogP contribution is 2.21. The van der Waals surface area contributed by atoms with Crippen LogP contribution in [-0.4, -0.2) is 28.4 Å². The van der Waals surface area contributed by atoms with E-state index in [9.17, 15) is 9.59 Å². The van der Waals surface area contributed by atoms with Crippen LogP contribution in [0.1, 0.15) is 29.5 Å². The molecule has 0 saturated carbocycles. The van der Waals surface area contributed by atoms with Crippen LogP contribution in [-0.2, 0) is 16.1 Å². The number of amides is 1. The Morgan fingerprint density at radius 3 is 2.90 bits per heavy atom. The molecule has 1 unspecified atom stereocenters. The Labute approximate surface area is 117 Å². The number of carboxylic acids is 1.